The first kappa shape index (κ1) is 12.9. The molecule has 4 heteroatoms. The number of aromatic nitrogens is 1. The Morgan fingerprint density at radius 3 is 2.75 bits per heavy atom. The molecule has 0 saturated carbocycles. The molecule has 0 spiro atoms. The third-order valence-electron chi connectivity index (χ3n) is 3.13. The molecule has 0 amide bonds. The molecule has 3 aromatic rings. The first-order chi connectivity index (χ1) is 9.75. The Labute approximate surface area is 121 Å². The molecular formula is C16H12ClFN2. The average Bonchev–Trinajstić information content (AvgIpc) is 2.49. The predicted molar refractivity (Wildman–Crippen MR) is 80.5 cm³/mol. The van der Waals surface area contributed by atoms with Crippen LogP contribution >= 0.6 is 11.6 Å². The van der Waals surface area contributed by atoms with Gasteiger partial charge in [0.05, 0.1) is 16.2 Å². The lowest BCUT2D eigenvalue weighted by Crippen LogP contribution is -2.03. The molecule has 0 saturated heterocycles. The Kier molecular flexibility index (Phi) is 3.52. The maximum atomic E-state index is 13.8. The van der Waals surface area contributed by atoms with E-state index < -0.39 is 0 Å². The number of anilines is 1. The van der Waals surface area contributed by atoms with Crippen molar-refractivity contribution >= 4 is 28.2 Å². The molecule has 0 aliphatic heterocycles. The van der Waals surface area contributed by atoms with E-state index in [2.05, 4.69) is 10.3 Å². The van der Waals surface area contributed by atoms with E-state index in [1.807, 2.05) is 30.3 Å². The van der Waals surface area contributed by atoms with Crippen molar-refractivity contribution in [1.29, 1.82) is 0 Å². The van der Waals surface area contributed by atoms with Gasteiger partial charge in [0, 0.05) is 23.7 Å². The number of nitrogens with zero attached hydrogens (tertiary/aromatic N) is 1. The third kappa shape index (κ3) is 2.45. The molecule has 2 nitrogen and oxygen atoms in total. The Morgan fingerprint density at radius 1 is 1.05 bits per heavy atom. The van der Waals surface area contributed by atoms with E-state index in [9.17, 15) is 4.39 Å². The van der Waals surface area contributed by atoms with Crippen molar-refractivity contribution in [2.24, 2.45) is 0 Å². The molecule has 20 heavy (non-hydrogen) atoms. The molecule has 0 aliphatic rings. The maximum absolute atomic E-state index is 13.8. The minimum atomic E-state index is -0.380. The molecule has 1 heterocycles. The fraction of sp³-hybridized carbons (Fsp3) is 0.0625. The summed E-state index contributed by atoms with van der Waals surface area (Å²) in [6.45, 7) is 0.363. The first-order valence-electron chi connectivity index (χ1n) is 6.26. The number of hydrogen-bond acceptors (Lipinski definition) is 2. The van der Waals surface area contributed by atoms with Crippen LogP contribution in [0.2, 0.25) is 5.02 Å². The third-order valence-corrected chi connectivity index (χ3v) is 3.43. The second-order valence-corrected chi connectivity index (χ2v) is 4.85. The van der Waals surface area contributed by atoms with Crippen LogP contribution in [0.15, 0.2) is 54.7 Å². The second kappa shape index (κ2) is 5.47. The molecular weight excluding hydrogens is 275 g/mol. The van der Waals surface area contributed by atoms with Gasteiger partial charge in [0.25, 0.3) is 0 Å². The van der Waals surface area contributed by atoms with Crippen LogP contribution in [0.5, 0.6) is 0 Å². The number of fused-ring (bicyclic) bond motifs is 1. The molecule has 1 N–H and O–H groups in total. The highest BCUT2D eigenvalue weighted by atomic mass is 35.5. The zero-order valence-electron chi connectivity index (χ0n) is 10.6. The lowest BCUT2D eigenvalue weighted by atomic mass is 10.1. The summed E-state index contributed by atoms with van der Waals surface area (Å²) in [6, 6.07) is 14.7. The van der Waals surface area contributed by atoms with Gasteiger partial charge in [0.15, 0.2) is 0 Å². The van der Waals surface area contributed by atoms with Crippen molar-refractivity contribution in [3.8, 4) is 0 Å². The van der Waals surface area contributed by atoms with Crippen LogP contribution in [0.4, 0.5) is 10.1 Å². The maximum Gasteiger partial charge on any atom is 0.146 e. The van der Waals surface area contributed by atoms with Gasteiger partial charge in [-0.15, -0.1) is 0 Å². The first-order valence-corrected chi connectivity index (χ1v) is 6.64. The van der Waals surface area contributed by atoms with Crippen molar-refractivity contribution < 1.29 is 4.39 Å². The Morgan fingerprint density at radius 2 is 1.85 bits per heavy atom. The van der Waals surface area contributed by atoms with Gasteiger partial charge in [-0.25, -0.2) is 4.39 Å². The summed E-state index contributed by atoms with van der Waals surface area (Å²) in [5, 5.41) is 4.40. The van der Waals surface area contributed by atoms with E-state index in [-0.39, 0.29) is 10.8 Å². The smallest absolute Gasteiger partial charge is 0.146 e. The fourth-order valence-electron chi connectivity index (χ4n) is 2.12. The van der Waals surface area contributed by atoms with E-state index in [1.165, 1.54) is 0 Å². The van der Waals surface area contributed by atoms with Gasteiger partial charge in [-0.1, -0.05) is 41.9 Å². The molecule has 2 aromatic carbocycles. The van der Waals surface area contributed by atoms with Gasteiger partial charge in [-0.3, -0.25) is 4.98 Å². The molecule has 100 valence electrons. The topological polar surface area (TPSA) is 24.9 Å². The van der Waals surface area contributed by atoms with E-state index in [1.54, 1.807) is 24.4 Å². The van der Waals surface area contributed by atoms with Crippen LogP contribution < -0.4 is 5.32 Å². The summed E-state index contributed by atoms with van der Waals surface area (Å²) < 4.78 is 13.8. The zero-order valence-corrected chi connectivity index (χ0v) is 11.4. The highest BCUT2D eigenvalue weighted by Gasteiger charge is 2.07. The fourth-order valence-corrected chi connectivity index (χ4v) is 2.32. The van der Waals surface area contributed by atoms with Crippen molar-refractivity contribution in [2.75, 3.05) is 5.32 Å². The normalized spacial score (nSPS) is 10.7. The standard InChI is InChI=1S/C16H12ClFN2/c17-13-7-1-5-12(15(13)18)10-20-14-8-2-4-11-6-3-9-19-16(11)14/h1-9,20H,10H2. The average molecular weight is 287 g/mol. The van der Waals surface area contributed by atoms with Crippen LogP contribution in [0.3, 0.4) is 0 Å². The predicted octanol–water partition coefficient (Wildman–Crippen LogP) is 4.64. The molecule has 0 aliphatic carbocycles. The number of rotatable bonds is 3. The van der Waals surface area contributed by atoms with Gasteiger partial charge in [0.2, 0.25) is 0 Å². The van der Waals surface area contributed by atoms with Crippen LogP contribution in [-0.4, -0.2) is 4.98 Å². The molecule has 0 radical (unpaired) electrons. The Hall–Kier alpha value is -2.13. The van der Waals surface area contributed by atoms with Gasteiger partial charge < -0.3 is 5.32 Å². The van der Waals surface area contributed by atoms with Crippen LogP contribution in [0.1, 0.15) is 5.56 Å². The number of para-hydroxylation sites is 1. The SMILES string of the molecule is Fc1c(Cl)cccc1CNc1cccc2cccnc12. The molecule has 0 unspecified atom stereocenters. The Balaban J connectivity index is 1.89. The minimum Gasteiger partial charge on any atom is -0.379 e. The van der Waals surface area contributed by atoms with E-state index >= 15 is 0 Å². The lowest BCUT2D eigenvalue weighted by Gasteiger charge is -2.10. The van der Waals surface area contributed by atoms with Crippen LogP contribution in [0.25, 0.3) is 10.9 Å². The van der Waals surface area contributed by atoms with E-state index in [0.29, 0.717) is 12.1 Å². The monoisotopic (exact) mass is 286 g/mol. The van der Waals surface area contributed by atoms with Crippen molar-refractivity contribution in [3.63, 3.8) is 0 Å². The molecule has 0 atom stereocenters. The summed E-state index contributed by atoms with van der Waals surface area (Å²) in [4.78, 5) is 4.35. The summed E-state index contributed by atoms with van der Waals surface area (Å²) in [7, 11) is 0. The molecule has 1 aromatic heterocycles. The second-order valence-electron chi connectivity index (χ2n) is 4.45. The molecule has 0 bridgehead atoms. The Bertz CT molecular complexity index is 753. The van der Waals surface area contributed by atoms with E-state index in [4.69, 9.17) is 11.6 Å². The zero-order chi connectivity index (χ0) is 13.9. The summed E-state index contributed by atoms with van der Waals surface area (Å²) in [5.74, 6) is -0.380. The van der Waals surface area contributed by atoms with E-state index in [0.717, 1.165) is 16.6 Å². The van der Waals surface area contributed by atoms with Gasteiger partial charge in [-0.2, -0.15) is 0 Å². The van der Waals surface area contributed by atoms with Gasteiger partial charge >= 0.3 is 0 Å². The highest BCUT2D eigenvalue weighted by Crippen LogP contribution is 2.23. The van der Waals surface area contributed by atoms with Gasteiger partial charge in [-0.05, 0) is 18.2 Å². The quantitative estimate of drug-likeness (QED) is 0.759. The summed E-state index contributed by atoms with van der Waals surface area (Å²) in [6.07, 6.45) is 1.74. The van der Waals surface area contributed by atoms with Gasteiger partial charge in [0.1, 0.15) is 5.82 Å². The minimum absolute atomic E-state index is 0.139. The number of hydrogen-bond donors (Lipinski definition) is 1. The number of nitrogens with one attached hydrogen (secondary N) is 1. The number of halogens is 2. The van der Waals surface area contributed by atoms with Crippen molar-refractivity contribution in [1.82, 2.24) is 4.98 Å². The summed E-state index contributed by atoms with van der Waals surface area (Å²) in [5.41, 5.74) is 2.28. The number of pyridine rings is 1. The number of benzene rings is 2. The largest absolute Gasteiger partial charge is 0.379 e. The lowest BCUT2D eigenvalue weighted by molar-refractivity contribution is 0.613. The summed E-state index contributed by atoms with van der Waals surface area (Å²) >= 11 is 5.78. The molecule has 3 rings (SSSR count). The van der Waals surface area contributed by atoms with Crippen molar-refractivity contribution in [2.45, 2.75) is 6.54 Å². The van der Waals surface area contributed by atoms with Crippen LogP contribution in [0, 0.1) is 5.82 Å². The van der Waals surface area contributed by atoms with Crippen molar-refractivity contribution in [3.05, 3.63) is 71.1 Å². The molecule has 0 fully saturated rings. The van der Waals surface area contributed by atoms with Crippen LogP contribution in [-0.2, 0) is 6.54 Å². The highest BCUT2D eigenvalue weighted by molar-refractivity contribution is 6.30.